The van der Waals surface area contributed by atoms with Crippen LogP contribution in [0.1, 0.15) is 5.82 Å². The van der Waals surface area contributed by atoms with Crippen LogP contribution in [0.3, 0.4) is 0 Å². The number of hydrogen-bond acceptors (Lipinski definition) is 4. The third-order valence-corrected chi connectivity index (χ3v) is 2.17. The van der Waals surface area contributed by atoms with Crippen molar-refractivity contribution >= 4 is 0 Å². The maximum Gasteiger partial charge on any atom is 1.00 e. The summed E-state index contributed by atoms with van der Waals surface area (Å²) < 4.78 is 0. The van der Waals surface area contributed by atoms with Gasteiger partial charge in [-0.2, -0.15) is 0 Å². The molecule has 0 N–H and O–H groups in total. The molecule has 0 spiro atoms. The first kappa shape index (κ1) is 13.8. The molecule has 0 bridgehead atoms. The van der Waals surface area contributed by atoms with Gasteiger partial charge in [-0.3, -0.25) is 4.79 Å². The van der Waals surface area contributed by atoms with Crippen molar-refractivity contribution in [3.8, 4) is 16.9 Å². The Morgan fingerprint density at radius 3 is 2.41 bits per heavy atom. The van der Waals surface area contributed by atoms with Crippen LogP contribution in [0.25, 0.3) is 11.1 Å². The minimum Gasteiger partial charge on any atom is -0.870 e. The molecule has 0 fully saturated rings. The monoisotopic (exact) mass is 236 g/mol. The zero-order valence-corrected chi connectivity index (χ0v) is 11.7. The summed E-state index contributed by atoms with van der Waals surface area (Å²) in [7, 11) is 0. The number of rotatable bonds is 1. The van der Waals surface area contributed by atoms with Crippen molar-refractivity contribution in [2.45, 2.75) is 6.92 Å². The molecule has 4 nitrogen and oxygen atoms in total. The van der Waals surface area contributed by atoms with Crippen molar-refractivity contribution < 1.29 is 34.7 Å². The van der Waals surface area contributed by atoms with Crippen LogP contribution < -0.4 is 40.1 Å². The molecule has 1 heterocycles. The van der Waals surface area contributed by atoms with E-state index in [0.717, 1.165) is 5.56 Å². The summed E-state index contributed by atoms with van der Waals surface area (Å²) in [5.41, 5.74) is 0.852. The molecule has 0 amide bonds. The van der Waals surface area contributed by atoms with Gasteiger partial charge in [0.15, 0.2) is 5.43 Å². The van der Waals surface area contributed by atoms with Gasteiger partial charge in [0.05, 0.1) is 0 Å². The van der Waals surface area contributed by atoms with Crippen molar-refractivity contribution in [3.05, 3.63) is 52.7 Å². The third kappa shape index (κ3) is 3.36. The van der Waals surface area contributed by atoms with E-state index >= 15 is 0 Å². The molecule has 5 heteroatoms. The number of nitrogens with zero attached hydrogens (tertiary/aromatic N) is 2. The summed E-state index contributed by atoms with van der Waals surface area (Å²) in [6.45, 7) is 1.78. The molecule has 0 radical (unpaired) electrons. The Balaban J connectivity index is 0.00000144. The van der Waals surface area contributed by atoms with Crippen molar-refractivity contribution in [1.82, 2.24) is 9.97 Å². The van der Waals surface area contributed by atoms with Crippen LogP contribution in [0.15, 0.2) is 41.5 Å². The minimum atomic E-state index is -0.527. The van der Waals surface area contributed by atoms with Crippen molar-refractivity contribution in [3.63, 3.8) is 0 Å². The van der Waals surface area contributed by atoms with Gasteiger partial charge in [-0.15, -0.1) is 0 Å². The molecule has 0 saturated carbocycles. The third-order valence-electron chi connectivity index (χ3n) is 2.17. The Kier molecular flexibility index (Phi) is 4.81. The van der Waals surface area contributed by atoms with E-state index in [1.54, 1.807) is 31.5 Å². The maximum atomic E-state index is 11.3. The SMILES string of the molecule is Cc1ncc(-c2cccc(=O)c([O-])c2)cn1.[Na+]. The molecular weight excluding hydrogens is 227 g/mol. The molecular formula is C12H9N2NaO2. The van der Waals surface area contributed by atoms with Crippen molar-refractivity contribution in [1.29, 1.82) is 0 Å². The van der Waals surface area contributed by atoms with Gasteiger partial charge in [-0.25, -0.2) is 9.97 Å². The van der Waals surface area contributed by atoms with Crippen LogP contribution in [0, 0.1) is 6.92 Å². The number of aryl methyl sites for hydroxylation is 1. The van der Waals surface area contributed by atoms with E-state index in [0.29, 0.717) is 11.4 Å². The molecule has 0 unspecified atom stereocenters. The van der Waals surface area contributed by atoms with E-state index in [1.165, 1.54) is 12.1 Å². The second-order valence-electron chi connectivity index (χ2n) is 3.37. The molecule has 0 saturated heterocycles. The van der Waals surface area contributed by atoms with E-state index in [1.807, 2.05) is 0 Å². The van der Waals surface area contributed by atoms with Gasteiger partial charge in [0.1, 0.15) is 5.82 Å². The van der Waals surface area contributed by atoms with E-state index in [9.17, 15) is 9.90 Å². The minimum absolute atomic E-state index is 0. The van der Waals surface area contributed by atoms with Gasteiger partial charge in [0.2, 0.25) is 0 Å². The quantitative estimate of drug-likeness (QED) is 0.531. The first-order chi connectivity index (χ1) is 7.66. The van der Waals surface area contributed by atoms with Crippen LogP contribution in [0.4, 0.5) is 0 Å². The summed E-state index contributed by atoms with van der Waals surface area (Å²) in [6.07, 6.45) is 3.25. The molecule has 80 valence electrons. The Morgan fingerprint density at radius 1 is 1.12 bits per heavy atom. The van der Waals surface area contributed by atoms with Gasteiger partial charge in [-0.1, -0.05) is 23.9 Å². The fraction of sp³-hybridized carbons (Fsp3) is 0.0833. The first-order valence-electron chi connectivity index (χ1n) is 4.77. The zero-order valence-electron chi connectivity index (χ0n) is 9.68. The molecule has 2 rings (SSSR count). The molecule has 0 aliphatic carbocycles. The fourth-order valence-electron chi connectivity index (χ4n) is 1.30. The Hall–Kier alpha value is -1.23. The van der Waals surface area contributed by atoms with Gasteiger partial charge in [-0.05, 0) is 18.6 Å². The summed E-state index contributed by atoms with van der Waals surface area (Å²) >= 11 is 0. The van der Waals surface area contributed by atoms with Crippen LogP contribution >= 0.6 is 0 Å². The Labute approximate surface area is 121 Å². The molecule has 1 aromatic heterocycles. The molecule has 0 aliphatic rings. The average molecular weight is 236 g/mol. The van der Waals surface area contributed by atoms with Gasteiger partial charge in [0, 0.05) is 18.0 Å². The topological polar surface area (TPSA) is 65.9 Å². The van der Waals surface area contributed by atoms with Crippen LogP contribution in [0.5, 0.6) is 5.75 Å². The van der Waals surface area contributed by atoms with Crippen LogP contribution in [-0.2, 0) is 0 Å². The van der Waals surface area contributed by atoms with E-state index < -0.39 is 11.2 Å². The number of hydrogen-bond donors (Lipinski definition) is 0. The summed E-state index contributed by atoms with van der Waals surface area (Å²) in [5, 5.41) is 11.3. The number of aromatic nitrogens is 2. The summed E-state index contributed by atoms with van der Waals surface area (Å²) in [5.74, 6) is 0.136. The first-order valence-corrected chi connectivity index (χ1v) is 4.77. The summed E-state index contributed by atoms with van der Waals surface area (Å²) in [4.78, 5) is 19.2. The fourth-order valence-corrected chi connectivity index (χ4v) is 1.30. The van der Waals surface area contributed by atoms with Gasteiger partial charge >= 0.3 is 29.6 Å². The normalized spacial score (nSPS) is 9.47. The van der Waals surface area contributed by atoms with Crippen molar-refractivity contribution in [2.75, 3.05) is 0 Å². The van der Waals surface area contributed by atoms with E-state index in [2.05, 4.69) is 9.97 Å². The van der Waals surface area contributed by atoms with E-state index in [4.69, 9.17) is 0 Å². The predicted octanol–water partition coefficient (Wildman–Crippen LogP) is -2.11. The molecule has 0 atom stereocenters. The molecule has 2 aromatic rings. The zero-order chi connectivity index (χ0) is 11.5. The van der Waals surface area contributed by atoms with Crippen molar-refractivity contribution in [2.24, 2.45) is 0 Å². The Bertz CT molecular complexity index is 570. The van der Waals surface area contributed by atoms with E-state index in [-0.39, 0.29) is 29.6 Å². The average Bonchev–Trinajstić information content (AvgIpc) is 2.43. The van der Waals surface area contributed by atoms with Crippen LogP contribution in [0.2, 0.25) is 0 Å². The van der Waals surface area contributed by atoms with Crippen LogP contribution in [-0.4, -0.2) is 9.97 Å². The van der Waals surface area contributed by atoms with Gasteiger partial charge in [0.25, 0.3) is 0 Å². The van der Waals surface area contributed by atoms with Gasteiger partial charge < -0.3 is 5.11 Å². The predicted molar refractivity (Wildman–Crippen MR) is 57.9 cm³/mol. The summed E-state index contributed by atoms with van der Waals surface area (Å²) in [6, 6.07) is 5.80. The smallest absolute Gasteiger partial charge is 0.870 e. The molecule has 1 aromatic carbocycles. The largest absolute Gasteiger partial charge is 1.00 e. The Morgan fingerprint density at radius 2 is 1.76 bits per heavy atom. The molecule has 17 heavy (non-hydrogen) atoms. The second kappa shape index (κ2) is 5.91. The second-order valence-corrected chi connectivity index (χ2v) is 3.37. The molecule has 0 aliphatic heterocycles. The standard InChI is InChI=1S/C12H10N2O2.Na/c1-8-13-6-10(7-14-8)9-3-2-4-11(15)12(16)5-9;/h2-7H,1H3,(H,15,16);/q;+1/p-1. The maximum absolute atomic E-state index is 11.3.